The summed E-state index contributed by atoms with van der Waals surface area (Å²) in [5, 5.41) is 5.25. The number of H-pyrrole nitrogens is 1. The first-order chi connectivity index (χ1) is 15.7. The SMILES string of the molecule is Cc1ccccc1NC(=O)Cc1nc(COC(=O)c2[nH]c(C)c(C(=O)OC(C)C)c2C)cs1. The van der Waals surface area contributed by atoms with Gasteiger partial charge in [0.05, 0.1) is 23.8 Å². The molecule has 1 aromatic carbocycles. The number of nitrogens with one attached hydrogen (secondary N) is 2. The van der Waals surface area contributed by atoms with Crippen LogP contribution in [0.5, 0.6) is 0 Å². The normalized spacial score (nSPS) is 10.8. The number of hydrogen-bond donors (Lipinski definition) is 2. The van der Waals surface area contributed by atoms with Crippen molar-refractivity contribution in [1.82, 2.24) is 9.97 Å². The number of aromatic amines is 1. The van der Waals surface area contributed by atoms with Gasteiger partial charge >= 0.3 is 11.9 Å². The summed E-state index contributed by atoms with van der Waals surface area (Å²) in [5.41, 5.74) is 3.86. The van der Waals surface area contributed by atoms with E-state index in [-0.39, 0.29) is 30.7 Å². The van der Waals surface area contributed by atoms with Crippen LogP contribution in [0.15, 0.2) is 29.6 Å². The highest BCUT2D eigenvalue weighted by atomic mass is 32.1. The van der Waals surface area contributed by atoms with Crippen molar-refractivity contribution in [2.45, 2.75) is 53.8 Å². The third-order valence-electron chi connectivity index (χ3n) is 4.87. The fourth-order valence-corrected chi connectivity index (χ4v) is 4.06. The number of hydrogen-bond acceptors (Lipinski definition) is 7. The molecule has 9 heteroatoms. The van der Waals surface area contributed by atoms with E-state index in [0.717, 1.165) is 11.3 Å². The van der Waals surface area contributed by atoms with Crippen LogP contribution in [-0.4, -0.2) is 33.9 Å². The average molecular weight is 470 g/mol. The molecule has 0 fully saturated rings. The molecule has 0 radical (unpaired) electrons. The van der Waals surface area contributed by atoms with E-state index in [2.05, 4.69) is 15.3 Å². The molecule has 33 heavy (non-hydrogen) atoms. The molecule has 0 aliphatic heterocycles. The van der Waals surface area contributed by atoms with Crippen LogP contribution in [0, 0.1) is 20.8 Å². The lowest BCUT2D eigenvalue weighted by molar-refractivity contribution is -0.115. The van der Waals surface area contributed by atoms with Crippen molar-refractivity contribution in [2.24, 2.45) is 0 Å². The zero-order chi connectivity index (χ0) is 24.1. The first-order valence-corrected chi connectivity index (χ1v) is 11.4. The first kappa shape index (κ1) is 24.2. The molecule has 3 rings (SSSR count). The number of benzene rings is 1. The number of carbonyl (C=O) groups excluding carboxylic acids is 3. The quantitative estimate of drug-likeness (QED) is 0.470. The summed E-state index contributed by atoms with van der Waals surface area (Å²) in [6.07, 6.45) is -0.136. The summed E-state index contributed by atoms with van der Waals surface area (Å²) in [5.74, 6) is -1.24. The number of para-hydroxylation sites is 1. The van der Waals surface area contributed by atoms with E-state index in [1.54, 1.807) is 33.1 Å². The Balaban J connectivity index is 1.58. The van der Waals surface area contributed by atoms with Crippen molar-refractivity contribution in [2.75, 3.05) is 5.32 Å². The van der Waals surface area contributed by atoms with E-state index in [4.69, 9.17) is 9.47 Å². The maximum absolute atomic E-state index is 12.6. The molecule has 1 amide bonds. The van der Waals surface area contributed by atoms with E-state index in [0.29, 0.717) is 27.5 Å². The zero-order valence-electron chi connectivity index (χ0n) is 19.3. The molecule has 174 valence electrons. The largest absolute Gasteiger partial charge is 0.459 e. The molecule has 8 nitrogen and oxygen atoms in total. The fourth-order valence-electron chi connectivity index (χ4n) is 3.29. The molecule has 0 aliphatic rings. The van der Waals surface area contributed by atoms with Crippen LogP contribution in [-0.2, 0) is 27.3 Å². The molecule has 0 spiro atoms. The second kappa shape index (κ2) is 10.4. The third-order valence-corrected chi connectivity index (χ3v) is 5.77. The van der Waals surface area contributed by atoms with Gasteiger partial charge in [-0.3, -0.25) is 4.79 Å². The summed E-state index contributed by atoms with van der Waals surface area (Å²) in [7, 11) is 0. The number of aryl methyl sites for hydroxylation is 2. The smallest absolute Gasteiger partial charge is 0.355 e. The minimum atomic E-state index is -0.592. The van der Waals surface area contributed by atoms with Gasteiger partial charge in [0.1, 0.15) is 17.3 Å². The second-order valence-corrected chi connectivity index (χ2v) is 8.87. The predicted molar refractivity (Wildman–Crippen MR) is 126 cm³/mol. The summed E-state index contributed by atoms with van der Waals surface area (Å²) >= 11 is 1.33. The van der Waals surface area contributed by atoms with Gasteiger partial charge in [0.15, 0.2) is 0 Å². The Bertz CT molecular complexity index is 1180. The second-order valence-electron chi connectivity index (χ2n) is 7.93. The van der Waals surface area contributed by atoms with Crippen LogP contribution in [0.2, 0.25) is 0 Å². The number of ether oxygens (including phenoxy) is 2. The highest BCUT2D eigenvalue weighted by Crippen LogP contribution is 2.21. The van der Waals surface area contributed by atoms with Gasteiger partial charge in [0, 0.05) is 16.8 Å². The standard InChI is InChI=1S/C24H27N3O5S/c1-13(2)32-23(29)21-15(4)22(25-16(21)5)24(30)31-11-17-12-33-20(26-17)10-19(28)27-18-9-7-6-8-14(18)3/h6-9,12-13,25H,10-11H2,1-5H3,(H,27,28). The average Bonchev–Trinajstić information content (AvgIpc) is 3.30. The van der Waals surface area contributed by atoms with Crippen molar-refractivity contribution >= 4 is 34.9 Å². The Kier molecular flexibility index (Phi) is 7.65. The summed E-state index contributed by atoms with van der Waals surface area (Å²) in [6, 6.07) is 7.54. The van der Waals surface area contributed by atoms with Crippen molar-refractivity contribution in [3.05, 3.63) is 68.4 Å². The van der Waals surface area contributed by atoms with E-state index >= 15 is 0 Å². The van der Waals surface area contributed by atoms with Crippen molar-refractivity contribution in [1.29, 1.82) is 0 Å². The van der Waals surface area contributed by atoms with Gasteiger partial charge in [-0.1, -0.05) is 18.2 Å². The van der Waals surface area contributed by atoms with E-state index in [1.807, 2.05) is 31.2 Å². The van der Waals surface area contributed by atoms with Crippen LogP contribution in [0.4, 0.5) is 5.69 Å². The number of thiazole rings is 1. The fraction of sp³-hybridized carbons (Fsp3) is 0.333. The van der Waals surface area contributed by atoms with Gasteiger partial charge in [-0.15, -0.1) is 11.3 Å². The lowest BCUT2D eigenvalue weighted by atomic mass is 10.1. The Hall–Kier alpha value is -3.46. The summed E-state index contributed by atoms with van der Waals surface area (Å²) < 4.78 is 10.6. The number of amides is 1. The summed E-state index contributed by atoms with van der Waals surface area (Å²) in [6.45, 7) is 8.78. The molecule has 2 N–H and O–H groups in total. The Labute approximate surface area is 196 Å². The first-order valence-electron chi connectivity index (χ1n) is 10.5. The Morgan fingerprint density at radius 3 is 2.55 bits per heavy atom. The molecular weight excluding hydrogens is 442 g/mol. The monoisotopic (exact) mass is 469 g/mol. The van der Waals surface area contributed by atoms with Crippen molar-refractivity contribution < 1.29 is 23.9 Å². The molecule has 3 aromatic rings. The van der Waals surface area contributed by atoms with Crippen LogP contribution in [0.1, 0.15) is 62.2 Å². The molecule has 0 saturated heterocycles. The van der Waals surface area contributed by atoms with E-state index in [1.165, 1.54) is 11.3 Å². The molecular formula is C24H27N3O5S. The topological polar surface area (TPSA) is 110 Å². The van der Waals surface area contributed by atoms with Gasteiger partial charge in [0.25, 0.3) is 0 Å². The third kappa shape index (κ3) is 6.07. The lowest BCUT2D eigenvalue weighted by Crippen LogP contribution is -2.15. The molecule has 2 aromatic heterocycles. The van der Waals surface area contributed by atoms with E-state index < -0.39 is 11.9 Å². The highest BCUT2D eigenvalue weighted by Gasteiger charge is 2.24. The van der Waals surface area contributed by atoms with Crippen molar-refractivity contribution in [3.63, 3.8) is 0 Å². The van der Waals surface area contributed by atoms with Crippen molar-refractivity contribution in [3.8, 4) is 0 Å². The number of aromatic nitrogens is 2. The van der Waals surface area contributed by atoms with Crippen LogP contribution >= 0.6 is 11.3 Å². The molecule has 0 atom stereocenters. The van der Waals surface area contributed by atoms with E-state index in [9.17, 15) is 14.4 Å². The zero-order valence-corrected chi connectivity index (χ0v) is 20.1. The maximum Gasteiger partial charge on any atom is 0.355 e. The minimum absolute atomic E-state index is 0.0436. The maximum atomic E-state index is 12.6. The van der Waals surface area contributed by atoms with Gasteiger partial charge in [-0.25, -0.2) is 14.6 Å². The predicted octanol–water partition coefficient (Wildman–Crippen LogP) is 4.50. The number of anilines is 1. The highest BCUT2D eigenvalue weighted by molar-refractivity contribution is 7.09. The number of carbonyl (C=O) groups is 3. The Morgan fingerprint density at radius 2 is 1.85 bits per heavy atom. The summed E-state index contributed by atoms with van der Waals surface area (Å²) in [4.78, 5) is 44.5. The van der Waals surface area contributed by atoms with Gasteiger partial charge in [0.2, 0.25) is 5.91 Å². The number of nitrogens with zero attached hydrogens (tertiary/aromatic N) is 1. The molecule has 2 heterocycles. The molecule has 0 bridgehead atoms. The molecule has 0 saturated carbocycles. The van der Waals surface area contributed by atoms with Gasteiger partial charge in [-0.2, -0.15) is 0 Å². The molecule has 0 aliphatic carbocycles. The van der Waals surface area contributed by atoms with Gasteiger partial charge < -0.3 is 19.8 Å². The number of esters is 2. The Morgan fingerprint density at radius 1 is 1.12 bits per heavy atom. The van der Waals surface area contributed by atoms with Crippen LogP contribution in [0.25, 0.3) is 0 Å². The van der Waals surface area contributed by atoms with Crippen LogP contribution in [0.3, 0.4) is 0 Å². The van der Waals surface area contributed by atoms with Gasteiger partial charge in [-0.05, 0) is 51.8 Å². The minimum Gasteiger partial charge on any atom is -0.459 e. The molecule has 0 unspecified atom stereocenters. The lowest BCUT2D eigenvalue weighted by Gasteiger charge is -2.08. The number of rotatable bonds is 8. The van der Waals surface area contributed by atoms with Crippen LogP contribution < -0.4 is 5.32 Å².